The van der Waals surface area contributed by atoms with Crippen molar-refractivity contribution < 1.29 is 4.74 Å². The number of halogens is 1. The molecule has 0 amide bonds. The number of hydrogen-bond donors (Lipinski definition) is 1. The molecule has 4 nitrogen and oxygen atoms in total. The maximum absolute atomic E-state index is 8.80. The summed E-state index contributed by atoms with van der Waals surface area (Å²) in [5.41, 5.74) is 2.36. The fraction of sp³-hybridized carbons (Fsp3) is 0.143. The molecular weight excluding hydrogens is 306 g/mol. The van der Waals surface area contributed by atoms with Crippen molar-refractivity contribution in [2.75, 3.05) is 12.4 Å². The van der Waals surface area contributed by atoms with E-state index in [1.165, 1.54) is 0 Å². The zero-order chi connectivity index (χ0) is 13.7. The number of methoxy groups -OCH3 is 1. The number of benzene rings is 1. The third-order valence-electron chi connectivity index (χ3n) is 2.60. The van der Waals surface area contributed by atoms with Crippen molar-refractivity contribution in [3.63, 3.8) is 0 Å². The highest BCUT2D eigenvalue weighted by Gasteiger charge is 2.02. The van der Waals surface area contributed by atoms with Gasteiger partial charge in [0.15, 0.2) is 0 Å². The van der Waals surface area contributed by atoms with Gasteiger partial charge in [0.1, 0.15) is 17.5 Å². The number of nitrogens with zero attached hydrogens (tertiary/aromatic N) is 2. The summed E-state index contributed by atoms with van der Waals surface area (Å²) < 4.78 is 6.15. The van der Waals surface area contributed by atoms with Crippen LogP contribution in [0.25, 0.3) is 0 Å². The number of anilines is 1. The highest BCUT2D eigenvalue weighted by Crippen LogP contribution is 2.27. The minimum atomic E-state index is 0.420. The minimum absolute atomic E-state index is 0.420. The number of nitriles is 1. The number of rotatable bonds is 4. The molecule has 0 unspecified atom stereocenters. The van der Waals surface area contributed by atoms with Crippen molar-refractivity contribution in [3.8, 4) is 11.8 Å². The highest BCUT2D eigenvalue weighted by molar-refractivity contribution is 9.10. The Kier molecular flexibility index (Phi) is 4.37. The Morgan fingerprint density at radius 1 is 1.37 bits per heavy atom. The molecule has 1 heterocycles. The summed E-state index contributed by atoms with van der Waals surface area (Å²) in [4.78, 5) is 3.94. The molecule has 0 radical (unpaired) electrons. The average molecular weight is 318 g/mol. The van der Waals surface area contributed by atoms with Crippen molar-refractivity contribution in [2.24, 2.45) is 0 Å². The van der Waals surface area contributed by atoms with Crippen LogP contribution in [0.15, 0.2) is 41.0 Å². The average Bonchev–Trinajstić information content (AvgIpc) is 2.46. The first-order valence-electron chi connectivity index (χ1n) is 5.65. The van der Waals surface area contributed by atoms with Crippen LogP contribution in [-0.2, 0) is 6.54 Å². The second-order valence-corrected chi connectivity index (χ2v) is 4.71. The standard InChI is InChI=1S/C14H12BrN3O/c1-19-12-2-3-13(15)14(7-12)18-9-10-4-5-17-11(6-10)8-16/h2-7,18H,9H2,1H3. The van der Waals surface area contributed by atoms with E-state index in [4.69, 9.17) is 10.00 Å². The zero-order valence-electron chi connectivity index (χ0n) is 10.4. The lowest BCUT2D eigenvalue weighted by Crippen LogP contribution is -2.01. The maximum Gasteiger partial charge on any atom is 0.140 e. The van der Waals surface area contributed by atoms with Crippen LogP contribution in [-0.4, -0.2) is 12.1 Å². The Bertz CT molecular complexity index is 622. The number of nitrogens with one attached hydrogen (secondary N) is 1. The predicted octanol–water partition coefficient (Wildman–Crippen LogP) is 3.34. The van der Waals surface area contributed by atoms with E-state index >= 15 is 0 Å². The van der Waals surface area contributed by atoms with Gasteiger partial charge in [0.2, 0.25) is 0 Å². The highest BCUT2D eigenvalue weighted by atomic mass is 79.9. The van der Waals surface area contributed by atoms with E-state index in [2.05, 4.69) is 26.2 Å². The first-order chi connectivity index (χ1) is 9.22. The molecule has 0 saturated carbocycles. The lowest BCUT2D eigenvalue weighted by molar-refractivity contribution is 0.415. The third kappa shape index (κ3) is 3.46. The summed E-state index contributed by atoms with van der Waals surface area (Å²) in [5, 5.41) is 12.1. The molecule has 0 aliphatic heterocycles. The van der Waals surface area contributed by atoms with Crippen LogP contribution >= 0.6 is 15.9 Å². The van der Waals surface area contributed by atoms with E-state index in [0.717, 1.165) is 21.5 Å². The molecule has 0 bridgehead atoms. The first kappa shape index (κ1) is 13.4. The molecule has 96 valence electrons. The van der Waals surface area contributed by atoms with E-state index in [0.29, 0.717) is 12.2 Å². The quantitative estimate of drug-likeness (QED) is 0.939. The van der Waals surface area contributed by atoms with Gasteiger partial charge in [-0.15, -0.1) is 0 Å². The van der Waals surface area contributed by atoms with Crippen molar-refractivity contribution in [1.29, 1.82) is 5.26 Å². The maximum atomic E-state index is 8.80. The SMILES string of the molecule is COc1ccc(Br)c(NCc2ccnc(C#N)c2)c1. The van der Waals surface area contributed by atoms with E-state index in [1.807, 2.05) is 30.3 Å². The normalized spacial score (nSPS) is 9.74. The molecule has 0 fully saturated rings. The van der Waals surface area contributed by atoms with Gasteiger partial charge in [-0.3, -0.25) is 0 Å². The van der Waals surface area contributed by atoms with Crippen LogP contribution in [0.3, 0.4) is 0 Å². The monoisotopic (exact) mass is 317 g/mol. The van der Waals surface area contributed by atoms with Crippen LogP contribution in [0.1, 0.15) is 11.3 Å². The number of pyridine rings is 1. The molecule has 2 aromatic rings. The predicted molar refractivity (Wildman–Crippen MR) is 77.0 cm³/mol. The van der Waals surface area contributed by atoms with Gasteiger partial charge < -0.3 is 10.1 Å². The van der Waals surface area contributed by atoms with Crippen LogP contribution in [0.5, 0.6) is 5.75 Å². The second-order valence-electron chi connectivity index (χ2n) is 3.86. The van der Waals surface area contributed by atoms with Gasteiger partial charge in [0.05, 0.1) is 12.8 Å². The van der Waals surface area contributed by atoms with Gasteiger partial charge >= 0.3 is 0 Å². The van der Waals surface area contributed by atoms with E-state index in [-0.39, 0.29) is 0 Å². The van der Waals surface area contributed by atoms with Crippen LogP contribution in [0.2, 0.25) is 0 Å². The second kappa shape index (κ2) is 6.21. The lowest BCUT2D eigenvalue weighted by Gasteiger charge is -2.10. The molecule has 19 heavy (non-hydrogen) atoms. The minimum Gasteiger partial charge on any atom is -0.497 e. The zero-order valence-corrected chi connectivity index (χ0v) is 11.9. The molecule has 1 aromatic heterocycles. The van der Waals surface area contributed by atoms with E-state index in [9.17, 15) is 0 Å². The van der Waals surface area contributed by atoms with Crippen molar-refractivity contribution in [1.82, 2.24) is 4.98 Å². The summed E-state index contributed by atoms with van der Waals surface area (Å²) >= 11 is 3.48. The Balaban J connectivity index is 2.12. The van der Waals surface area contributed by atoms with Crippen LogP contribution in [0.4, 0.5) is 5.69 Å². The number of hydrogen-bond acceptors (Lipinski definition) is 4. The van der Waals surface area contributed by atoms with Crippen LogP contribution in [0, 0.1) is 11.3 Å². The lowest BCUT2D eigenvalue weighted by atomic mass is 10.2. The van der Waals surface area contributed by atoms with Crippen LogP contribution < -0.4 is 10.1 Å². The Morgan fingerprint density at radius 3 is 2.95 bits per heavy atom. The summed E-state index contributed by atoms with van der Waals surface area (Å²) in [6, 6.07) is 11.4. The summed E-state index contributed by atoms with van der Waals surface area (Å²) in [6.07, 6.45) is 1.64. The Morgan fingerprint density at radius 2 is 2.21 bits per heavy atom. The van der Waals surface area contributed by atoms with E-state index in [1.54, 1.807) is 19.4 Å². The van der Waals surface area contributed by atoms with E-state index < -0.39 is 0 Å². The summed E-state index contributed by atoms with van der Waals surface area (Å²) in [5.74, 6) is 0.790. The molecule has 2 rings (SSSR count). The fourth-order valence-electron chi connectivity index (χ4n) is 1.61. The van der Waals surface area contributed by atoms with Gasteiger partial charge in [0.25, 0.3) is 0 Å². The topological polar surface area (TPSA) is 57.9 Å². The molecule has 0 atom stereocenters. The van der Waals surface area contributed by atoms with Gasteiger partial charge in [-0.05, 0) is 45.8 Å². The molecule has 0 aliphatic rings. The van der Waals surface area contributed by atoms with Gasteiger partial charge in [-0.1, -0.05) is 0 Å². The fourth-order valence-corrected chi connectivity index (χ4v) is 2.00. The van der Waals surface area contributed by atoms with Crippen molar-refractivity contribution >= 4 is 21.6 Å². The molecule has 0 spiro atoms. The summed E-state index contributed by atoms with van der Waals surface area (Å²) in [6.45, 7) is 0.614. The van der Waals surface area contributed by atoms with Crippen molar-refractivity contribution in [2.45, 2.75) is 6.54 Å². The van der Waals surface area contributed by atoms with Gasteiger partial charge in [-0.2, -0.15) is 5.26 Å². The van der Waals surface area contributed by atoms with Gasteiger partial charge in [0, 0.05) is 23.3 Å². The molecule has 5 heteroatoms. The number of ether oxygens (including phenoxy) is 1. The molecule has 0 saturated heterocycles. The number of aromatic nitrogens is 1. The largest absolute Gasteiger partial charge is 0.497 e. The Labute approximate surface area is 120 Å². The molecule has 1 aromatic carbocycles. The van der Waals surface area contributed by atoms with Crippen molar-refractivity contribution in [3.05, 3.63) is 52.3 Å². The molecular formula is C14H12BrN3O. The Hall–Kier alpha value is -2.06. The summed E-state index contributed by atoms with van der Waals surface area (Å²) in [7, 11) is 1.63. The molecule has 1 N–H and O–H groups in total. The van der Waals surface area contributed by atoms with Gasteiger partial charge in [-0.25, -0.2) is 4.98 Å². The smallest absolute Gasteiger partial charge is 0.140 e. The first-order valence-corrected chi connectivity index (χ1v) is 6.44. The molecule has 0 aliphatic carbocycles. The third-order valence-corrected chi connectivity index (χ3v) is 3.29.